The molecular formula is C14H20N4O3. The van der Waals surface area contributed by atoms with E-state index in [2.05, 4.69) is 18.7 Å². The molecule has 0 bridgehead atoms. The molecule has 1 fully saturated rings. The standard InChI is InChI=1S/C14H20N4O3/c1-14(2)9-17(7-6-16(14)3)13(19)10-4-5-12(18(20)21)11(15)8-10/h4-5,8H,6-7,9,15H2,1-3H3. The highest BCUT2D eigenvalue weighted by molar-refractivity contribution is 5.96. The highest BCUT2D eigenvalue weighted by Crippen LogP contribution is 2.25. The zero-order valence-electron chi connectivity index (χ0n) is 12.5. The summed E-state index contributed by atoms with van der Waals surface area (Å²) >= 11 is 0. The van der Waals surface area contributed by atoms with Gasteiger partial charge < -0.3 is 10.6 Å². The van der Waals surface area contributed by atoms with Crippen molar-refractivity contribution in [1.82, 2.24) is 9.80 Å². The first kappa shape index (κ1) is 15.2. The maximum Gasteiger partial charge on any atom is 0.292 e. The number of nitrogens with zero attached hydrogens (tertiary/aromatic N) is 3. The molecule has 1 aliphatic heterocycles. The Hall–Kier alpha value is -2.15. The average molecular weight is 292 g/mol. The highest BCUT2D eigenvalue weighted by atomic mass is 16.6. The number of hydrogen-bond acceptors (Lipinski definition) is 5. The summed E-state index contributed by atoms with van der Waals surface area (Å²) in [6.45, 7) is 6.20. The van der Waals surface area contributed by atoms with Crippen molar-refractivity contribution < 1.29 is 9.72 Å². The summed E-state index contributed by atoms with van der Waals surface area (Å²) < 4.78 is 0. The molecule has 0 spiro atoms. The fourth-order valence-corrected chi connectivity index (χ4v) is 2.45. The van der Waals surface area contributed by atoms with E-state index in [1.807, 2.05) is 7.05 Å². The number of carbonyl (C=O) groups is 1. The number of piperazine rings is 1. The molecule has 0 atom stereocenters. The van der Waals surface area contributed by atoms with Gasteiger partial charge in [0.05, 0.1) is 4.92 Å². The quantitative estimate of drug-likeness (QED) is 0.504. The monoisotopic (exact) mass is 292 g/mol. The lowest BCUT2D eigenvalue weighted by Crippen LogP contribution is -2.58. The number of nitrogens with two attached hydrogens (primary N) is 1. The van der Waals surface area contributed by atoms with E-state index in [9.17, 15) is 14.9 Å². The normalized spacial score (nSPS) is 18.5. The van der Waals surface area contributed by atoms with Crippen LogP contribution >= 0.6 is 0 Å². The summed E-state index contributed by atoms with van der Waals surface area (Å²) in [6.07, 6.45) is 0. The van der Waals surface area contributed by atoms with Crippen molar-refractivity contribution in [2.45, 2.75) is 19.4 Å². The van der Waals surface area contributed by atoms with Crippen LogP contribution < -0.4 is 5.73 Å². The zero-order chi connectivity index (χ0) is 15.8. The molecule has 114 valence electrons. The van der Waals surface area contributed by atoms with Crippen LogP contribution in [0, 0.1) is 10.1 Å². The van der Waals surface area contributed by atoms with Gasteiger partial charge in [0.1, 0.15) is 5.69 Å². The van der Waals surface area contributed by atoms with Crippen LogP contribution in [0.1, 0.15) is 24.2 Å². The zero-order valence-corrected chi connectivity index (χ0v) is 12.5. The van der Waals surface area contributed by atoms with Crippen LogP contribution in [0.4, 0.5) is 11.4 Å². The van der Waals surface area contributed by atoms with E-state index in [0.717, 1.165) is 6.54 Å². The van der Waals surface area contributed by atoms with Gasteiger partial charge in [0, 0.05) is 36.8 Å². The minimum atomic E-state index is -0.553. The van der Waals surface area contributed by atoms with Gasteiger partial charge >= 0.3 is 0 Å². The molecule has 0 aromatic heterocycles. The van der Waals surface area contributed by atoms with Gasteiger partial charge in [-0.05, 0) is 33.0 Å². The smallest absolute Gasteiger partial charge is 0.292 e. The largest absolute Gasteiger partial charge is 0.393 e. The number of rotatable bonds is 2. The lowest BCUT2D eigenvalue weighted by molar-refractivity contribution is -0.383. The Morgan fingerprint density at radius 1 is 1.38 bits per heavy atom. The molecule has 1 aromatic rings. The highest BCUT2D eigenvalue weighted by Gasteiger charge is 2.33. The van der Waals surface area contributed by atoms with Gasteiger partial charge in [-0.1, -0.05) is 0 Å². The number of hydrogen-bond donors (Lipinski definition) is 1. The van der Waals surface area contributed by atoms with Crippen molar-refractivity contribution >= 4 is 17.3 Å². The van der Waals surface area contributed by atoms with Gasteiger partial charge in [-0.2, -0.15) is 0 Å². The van der Waals surface area contributed by atoms with E-state index in [1.165, 1.54) is 18.2 Å². The van der Waals surface area contributed by atoms with Crippen LogP contribution in [0.5, 0.6) is 0 Å². The van der Waals surface area contributed by atoms with Crippen LogP contribution in [-0.2, 0) is 0 Å². The van der Waals surface area contributed by atoms with Crippen molar-refractivity contribution in [2.24, 2.45) is 0 Å². The van der Waals surface area contributed by atoms with E-state index in [1.54, 1.807) is 4.90 Å². The number of nitro groups is 1. The number of amides is 1. The van der Waals surface area contributed by atoms with Crippen LogP contribution in [0.3, 0.4) is 0 Å². The van der Waals surface area contributed by atoms with Gasteiger partial charge in [-0.25, -0.2) is 0 Å². The number of benzene rings is 1. The predicted octanol–water partition coefficient (Wildman–Crippen LogP) is 1.34. The molecule has 1 saturated heterocycles. The van der Waals surface area contributed by atoms with E-state index < -0.39 is 4.92 Å². The molecule has 7 heteroatoms. The van der Waals surface area contributed by atoms with E-state index in [0.29, 0.717) is 18.7 Å². The predicted molar refractivity (Wildman–Crippen MR) is 80.1 cm³/mol. The van der Waals surface area contributed by atoms with Crippen molar-refractivity contribution in [2.75, 3.05) is 32.4 Å². The summed E-state index contributed by atoms with van der Waals surface area (Å²) in [5.74, 6) is -0.141. The lowest BCUT2D eigenvalue weighted by atomic mass is 9.99. The Balaban J connectivity index is 2.21. The molecule has 1 heterocycles. The summed E-state index contributed by atoms with van der Waals surface area (Å²) in [6, 6.07) is 4.12. The lowest BCUT2D eigenvalue weighted by Gasteiger charge is -2.45. The third kappa shape index (κ3) is 2.97. The summed E-state index contributed by atoms with van der Waals surface area (Å²) in [4.78, 5) is 26.7. The Kier molecular flexibility index (Phi) is 3.87. The average Bonchev–Trinajstić information content (AvgIpc) is 2.40. The number of likely N-dealkylation sites (N-methyl/N-ethyl adjacent to an activating group) is 1. The van der Waals surface area contributed by atoms with Crippen molar-refractivity contribution in [1.29, 1.82) is 0 Å². The van der Waals surface area contributed by atoms with Gasteiger partial charge in [0.15, 0.2) is 0 Å². The van der Waals surface area contributed by atoms with Crippen LogP contribution in [0.2, 0.25) is 0 Å². The second-order valence-corrected chi connectivity index (χ2v) is 5.99. The molecule has 21 heavy (non-hydrogen) atoms. The molecule has 1 aromatic carbocycles. The fraction of sp³-hybridized carbons (Fsp3) is 0.500. The minimum Gasteiger partial charge on any atom is -0.393 e. The third-order valence-corrected chi connectivity index (χ3v) is 4.07. The topological polar surface area (TPSA) is 92.7 Å². The molecule has 7 nitrogen and oxygen atoms in total. The Morgan fingerprint density at radius 3 is 2.57 bits per heavy atom. The maximum absolute atomic E-state index is 12.5. The van der Waals surface area contributed by atoms with Crippen LogP contribution in [0.15, 0.2) is 18.2 Å². The summed E-state index contributed by atoms with van der Waals surface area (Å²) in [7, 11) is 2.03. The number of nitro benzene ring substituents is 1. The van der Waals surface area contributed by atoms with Gasteiger partial charge in [-0.15, -0.1) is 0 Å². The Labute approximate surface area is 123 Å². The van der Waals surface area contributed by atoms with Crippen molar-refractivity contribution in [3.63, 3.8) is 0 Å². The van der Waals surface area contributed by atoms with Crippen LogP contribution in [0.25, 0.3) is 0 Å². The summed E-state index contributed by atoms with van der Waals surface area (Å²) in [5.41, 5.74) is 5.77. The van der Waals surface area contributed by atoms with Crippen molar-refractivity contribution in [3.05, 3.63) is 33.9 Å². The Bertz CT molecular complexity index is 586. The molecule has 0 aliphatic carbocycles. The molecule has 0 saturated carbocycles. The summed E-state index contributed by atoms with van der Waals surface area (Å²) in [5, 5.41) is 10.8. The molecule has 2 rings (SSSR count). The van der Waals surface area contributed by atoms with Gasteiger partial charge in [0.25, 0.3) is 11.6 Å². The van der Waals surface area contributed by atoms with Crippen LogP contribution in [-0.4, -0.2) is 52.9 Å². The second kappa shape index (κ2) is 5.33. The first-order valence-electron chi connectivity index (χ1n) is 6.77. The van der Waals surface area contributed by atoms with E-state index >= 15 is 0 Å². The maximum atomic E-state index is 12.5. The van der Waals surface area contributed by atoms with E-state index in [-0.39, 0.29) is 22.8 Å². The number of carbonyl (C=O) groups excluding carboxylic acids is 1. The number of anilines is 1. The number of nitrogen functional groups attached to an aromatic ring is 1. The molecule has 1 aliphatic rings. The third-order valence-electron chi connectivity index (χ3n) is 4.07. The van der Waals surface area contributed by atoms with Crippen molar-refractivity contribution in [3.8, 4) is 0 Å². The van der Waals surface area contributed by atoms with E-state index in [4.69, 9.17) is 5.73 Å². The first-order valence-corrected chi connectivity index (χ1v) is 6.77. The van der Waals surface area contributed by atoms with Gasteiger partial charge in [-0.3, -0.25) is 19.8 Å². The molecular weight excluding hydrogens is 272 g/mol. The second-order valence-electron chi connectivity index (χ2n) is 5.99. The van der Waals surface area contributed by atoms with Gasteiger partial charge in [0.2, 0.25) is 0 Å². The first-order chi connectivity index (χ1) is 9.72. The minimum absolute atomic E-state index is 0.0132. The Morgan fingerprint density at radius 2 is 2.05 bits per heavy atom. The molecule has 0 unspecified atom stereocenters. The SMILES string of the molecule is CN1CCN(C(=O)c2ccc([N+](=O)[O-])c(N)c2)CC1(C)C. The molecule has 2 N–H and O–H groups in total. The molecule has 1 amide bonds. The fourth-order valence-electron chi connectivity index (χ4n) is 2.45. The molecule has 0 radical (unpaired) electrons.